The molecule has 0 heterocycles. The van der Waals surface area contributed by atoms with Crippen molar-refractivity contribution in [1.29, 1.82) is 0 Å². The van der Waals surface area contributed by atoms with Gasteiger partial charge in [-0.05, 0) is 30.2 Å². The summed E-state index contributed by atoms with van der Waals surface area (Å²) in [6, 6.07) is 7.30. The lowest BCUT2D eigenvalue weighted by Gasteiger charge is -2.10. The molecular formula is C11H14O2. The van der Waals surface area contributed by atoms with Crippen molar-refractivity contribution >= 4 is 0 Å². The van der Waals surface area contributed by atoms with Gasteiger partial charge in [0.2, 0.25) is 0 Å². The van der Waals surface area contributed by atoms with E-state index < -0.39 is 6.10 Å². The van der Waals surface area contributed by atoms with Crippen LogP contribution in [-0.4, -0.2) is 12.2 Å². The molecule has 0 aliphatic heterocycles. The topological polar surface area (TPSA) is 29.5 Å². The highest BCUT2D eigenvalue weighted by Gasteiger charge is 2.06. The summed E-state index contributed by atoms with van der Waals surface area (Å²) in [5.74, 6) is 0.790. The van der Waals surface area contributed by atoms with Crippen LogP contribution in [0.15, 0.2) is 36.4 Å². The van der Waals surface area contributed by atoms with Crippen molar-refractivity contribution in [3.05, 3.63) is 42.0 Å². The number of ether oxygens (including phenoxy) is 1. The molecular weight excluding hydrogens is 164 g/mol. The highest BCUT2D eigenvalue weighted by Crippen LogP contribution is 2.21. The van der Waals surface area contributed by atoms with Gasteiger partial charge in [-0.2, -0.15) is 0 Å². The molecule has 70 valence electrons. The third kappa shape index (κ3) is 2.33. The van der Waals surface area contributed by atoms with Crippen molar-refractivity contribution < 1.29 is 9.84 Å². The molecule has 1 aromatic carbocycles. The summed E-state index contributed by atoms with van der Waals surface area (Å²) in [4.78, 5) is 0. The zero-order valence-corrected chi connectivity index (χ0v) is 7.95. The Morgan fingerprint density at radius 1 is 1.38 bits per heavy atom. The predicted molar refractivity (Wildman–Crippen MR) is 52.8 cm³/mol. The van der Waals surface area contributed by atoms with Gasteiger partial charge in [-0.15, -0.1) is 0 Å². The lowest BCUT2D eigenvalue weighted by molar-refractivity contribution is 0.216. The maximum atomic E-state index is 9.62. The first kappa shape index (κ1) is 9.81. The normalized spacial score (nSPS) is 12.2. The van der Waals surface area contributed by atoms with E-state index in [1.165, 1.54) is 0 Å². The fraction of sp³-hybridized carbons (Fsp3) is 0.273. The standard InChI is InChI=1S/C11H14O2/c1-8(2)11(12)9-4-6-10(13-3)7-5-9/h4-7,11-12H,1H2,2-3H3/t11-/m1/s1. The molecule has 0 fully saturated rings. The summed E-state index contributed by atoms with van der Waals surface area (Å²) in [5, 5.41) is 9.62. The molecule has 0 aliphatic carbocycles. The largest absolute Gasteiger partial charge is 0.497 e. The van der Waals surface area contributed by atoms with Gasteiger partial charge >= 0.3 is 0 Å². The summed E-state index contributed by atoms with van der Waals surface area (Å²) < 4.78 is 5.01. The van der Waals surface area contributed by atoms with Gasteiger partial charge in [0, 0.05) is 0 Å². The van der Waals surface area contributed by atoms with Crippen LogP contribution in [0.4, 0.5) is 0 Å². The van der Waals surface area contributed by atoms with Gasteiger partial charge in [0.25, 0.3) is 0 Å². The molecule has 2 nitrogen and oxygen atoms in total. The molecule has 0 aliphatic rings. The number of rotatable bonds is 3. The first-order valence-electron chi connectivity index (χ1n) is 4.12. The fourth-order valence-electron chi connectivity index (χ4n) is 1.07. The van der Waals surface area contributed by atoms with Crippen molar-refractivity contribution in [1.82, 2.24) is 0 Å². The Labute approximate surface area is 78.5 Å². The Kier molecular flexibility index (Phi) is 3.09. The first-order valence-corrected chi connectivity index (χ1v) is 4.12. The molecule has 0 amide bonds. The average molecular weight is 178 g/mol. The first-order chi connectivity index (χ1) is 6.15. The SMILES string of the molecule is C=C(C)[C@@H](O)c1ccc(OC)cc1. The van der Waals surface area contributed by atoms with Gasteiger partial charge in [-0.25, -0.2) is 0 Å². The average Bonchev–Trinajstić information content (AvgIpc) is 2.17. The minimum absolute atomic E-state index is 0.578. The molecule has 0 aromatic heterocycles. The number of benzene rings is 1. The summed E-state index contributed by atoms with van der Waals surface area (Å²) in [6.45, 7) is 5.49. The van der Waals surface area contributed by atoms with Crippen molar-refractivity contribution in [3.63, 3.8) is 0 Å². The Morgan fingerprint density at radius 2 is 1.92 bits per heavy atom. The summed E-state index contributed by atoms with van der Waals surface area (Å²) in [6.07, 6.45) is -0.578. The number of hydrogen-bond donors (Lipinski definition) is 1. The maximum absolute atomic E-state index is 9.62. The molecule has 0 saturated carbocycles. The van der Waals surface area contributed by atoms with Crippen LogP contribution < -0.4 is 4.74 Å². The highest BCUT2D eigenvalue weighted by molar-refractivity contribution is 5.31. The number of methoxy groups -OCH3 is 1. The monoisotopic (exact) mass is 178 g/mol. The molecule has 1 aromatic rings. The van der Waals surface area contributed by atoms with Crippen molar-refractivity contribution in [2.75, 3.05) is 7.11 Å². The summed E-state index contributed by atoms with van der Waals surface area (Å²) >= 11 is 0. The van der Waals surface area contributed by atoms with Crippen LogP contribution in [0.2, 0.25) is 0 Å². The molecule has 1 atom stereocenters. The maximum Gasteiger partial charge on any atom is 0.118 e. The van der Waals surface area contributed by atoms with Gasteiger partial charge < -0.3 is 9.84 Å². The molecule has 0 bridgehead atoms. The summed E-state index contributed by atoms with van der Waals surface area (Å²) in [5.41, 5.74) is 1.58. The predicted octanol–water partition coefficient (Wildman–Crippen LogP) is 2.30. The molecule has 13 heavy (non-hydrogen) atoms. The summed E-state index contributed by atoms with van der Waals surface area (Å²) in [7, 11) is 1.62. The lowest BCUT2D eigenvalue weighted by atomic mass is 10.0. The molecule has 0 saturated heterocycles. The number of aliphatic hydroxyl groups is 1. The van der Waals surface area contributed by atoms with Crippen LogP contribution in [0.3, 0.4) is 0 Å². The van der Waals surface area contributed by atoms with Crippen molar-refractivity contribution in [2.45, 2.75) is 13.0 Å². The van der Waals surface area contributed by atoms with E-state index >= 15 is 0 Å². The van der Waals surface area contributed by atoms with Crippen LogP contribution >= 0.6 is 0 Å². The molecule has 1 N–H and O–H groups in total. The fourth-order valence-corrected chi connectivity index (χ4v) is 1.07. The number of hydrogen-bond acceptors (Lipinski definition) is 2. The molecule has 2 heteroatoms. The Hall–Kier alpha value is -1.28. The second kappa shape index (κ2) is 4.10. The van der Waals surface area contributed by atoms with E-state index in [0.717, 1.165) is 16.9 Å². The van der Waals surface area contributed by atoms with Crippen LogP contribution in [0.1, 0.15) is 18.6 Å². The Balaban J connectivity index is 2.85. The van der Waals surface area contributed by atoms with E-state index in [-0.39, 0.29) is 0 Å². The minimum atomic E-state index is -0.578. The second-order valence-electron chi connectivity index (χ2n) is 3.02. The van der Waals surface area contributed by atoms with Gasteiger partial charge in [0.1, 0.15) is 5.75 Å². The second-order valence-corrected chi connectivity index (χ2v) is 3.02. The molecule has 0 radical (unpaired) electrons. The third-order valence-corrected chi connectivity index (χ3v) is 1.90. The van der Waals surface area contributed by atoms with Crippen LogP contribution in [-0.2, 0) is 0 Å². The smallest absolute Gasteiger partial charge is 0.118 e. The zero-order chi connectivity index (χ0) is 9.84. The number of aliphatic hydroxyl groups excluding tert-OH is 1. The van der Waals surface area contributed by atoms with Crippen molar-refractivity contribution in [3.8, 4) is 5.75 Å². The van der Waals surface area contributed by atoms with E-state index in [1.807, 2.05) is 24.3 Å². The third-order valence-electron chi connectivity index (χ3n) is 1.90. The van der Waals surface area contributed by atoms with Gasteiger partial charge in [-0.3, -0.25) is 0 Å². The van der Waals surface area contributed by atoms with Gasteiger partial charge in [0.05, 0.1) is 13.2 Å². The van der Waals surface area contributed by atoms with Gasteiger partial charge in [0.15, 0.2) is 0 Å². The minimum Gasteiger partial charge on any atom is -0.497 e. The molecule has 0 unspecified atom stereocenters. The van der Waals surface area contributed by atoms with E-state index in [4.69, 9.17) is 4.74 Å². The zero-order valence-electron chi connectivity index (χ0n) is 7.95. The Morgan fingerprint density at radius 3 is 2.31 bits per heavy atom. The van der Waals surface area contributed by atoms with Crippen LogP contribution in [0, 0.1) is 0 Å². The van der Waals surface area contributed by atoms with Gasteiger partial charge in [-0.1, -0.05) is 18.7 Å². The van der Waals surface area contributed by atoms with E-state index in [9.17, 15) is 5.11 Å². The lowest BCUT2D eigenvalue weighted by Crippen LogP contribution is -1.97. The van der Waals surface area contributed by atoms with Crippen LogP contribution in [0.25, 0.3) is 0 Å². The Bertz CT molecular complexity index is 287. The van der Waals surface area contributed by atoms with E-state index in [1.54, 1.807) is 14.0 Å². The molecule has 0 spiro atoms. The van der Waals surface area contributed by atoms with Crippen LogP contribution in [0.5, 0.6) is 5.75 Å². The van der Waals surface area contributed by atoms with Crippen molar-refractivity contribution in [2.24, 2.45) is 0 Å². The quantitative estimate of drug-likeness (QED) is 0.720. The molecule has 1 rings (SSSR count). The van der Waals surface area contributed by atoms with E-state index in [0.29, 0.717) is 0 Å². The van der Waals surface area contributed by atoms with E-state index in [2.05, 4.69) is 6.58 Å². The highest BCUT2D eigenvalue weighted by atomic mass is 16.5.